The average Bonchev–Trinajstić information content (AvgIpc) is 3.74. The molecular formula is C39H27N5O. The van der Waals surface area contributed by atoms with Gasteiger partial charge in [-0.2, -0.15) is 0 Å². The number of nitrogens with zero attached hydrogens (tertiary/aromatic N) is 4. The second-order valence-corrected chi connectivity index (χ2v) is 10.8. The van der Waals surface area contributed by atoms with Gasteiger partial charge in [0, 0.05) is 50.9 Å². The van der Waals surface area contributed by atoms with Crippen molar-refractivity contribution in [3.05, 3.63) is 157 Å². The van der Waals surface area contributed by atoms with Crippen molar-refractivity contribution in [2.45, 2.75) is 0 Å². The van der Waals surface area contributed by atoms with Gasteiger partial charge < -0.3 is 19.3 Å². The number of benzene rings is 6. The number of rotatable bonds is 7. The fourth-order valence-corrected chi connectivity index (χ4v) is 5.91. The molecule has 45 heavy (non-hydrogen) atoms. The minimum atomic E-state index is 0.470. The minimum absolute atomic E-state index is 0.470. The van der Waals surface area contributed by atoms with E-state index in [2.05, 4.69) is 111 Å². The first-order valence-electron chi connectivity index (χ1n) is 14.8. The van der Waals surface area contributed by atoms with Crippen molar-refractivity contribution >= 4 is 45.1 Å². The van der Waals surface area contributed by atoms with Crippen molar-refractivity contribution < 1.29 is 4.42 Å². The highest BCUT2D eigenvalue weighted by Gasteiger charge is 2.18. The SMILES string of the molecule is N=Cc1ccc(N(c2ccc(-c3nnc(-c4ccccc4)o3)cc2)c2ccc3c(c2)c2ccccc2n3-c2ccccc2)cc1. The normalized spacial score (nSPS) is 11.2. The van der Waals surface area contributed by atoms with Gasteiger partial charge in [-0.1, -0.05) is 66.7 Å². The van der Waals surface area contributed by atoms with Crippen molar-refractivity contribution in [2.24, 2.45) is 0 Å². The predicted molar refractivity (Wildman–Crippen MR) is 182 cm³/mol. The number of para-hydroxylation sites is 2. The summed E-state index contributed by atoms with van der Waals surface area (Å²) in [5.74, 6) is 0.961. The van der Waals surface area contributed by atoms with E-state index < -0.39 is 0 Å². The Labute approximate surface area is 260 Å². The van der Waals surface area contributed by atoms with Gasteiger partial charge in [0.15, 0.2) is 0 Å². The summed E-state index contributed by atoms with van der Waals surface area (Å²) in [6, 6.07) is 51.6. The van der Waals surface area contributed by atoms with E-state index in [9.17, 15) is 0 Å². The van der Waals surface area contributed by atoms with Crippen LogP contribution in [-0.2, 0) is 0 Å². The lowest BCUT2D eigenvalue weighted by molar-refractivity contribution is 0.584. The fourth-order valence-electron chi connectivity index (χ4n) is 5.91. The second kappa shape index (κ2) is 11.1. The lowest BCUT2D eigenvalue weighted by atomic mass is 10.1. The zero-order chi connectivity index (χ0) is 30.2. The van der Waals surface area contributed by atoms with E-state index in [4.69, 9.17) is 9.83 Å². The van der Waals surface area contributed by atoms with Crippen molar-refractivity contribution in [1.29, 1.82) is 5.41 Å². The van der Waals surface area contributed by atoms with Crippen molar-refractivity contribution in [2.75, 3.05) is 4.90 Å². The van der Waals surface area contributed by atoms with Crippen molar-refractivity contribution in [3.63, 3.8) is 0 Å². The Kier molecular flexibility index (Phi) is 6.50. The molecular weight excluding hydrogens is 554 g/mol. The molecule has 2 aromatic heterocycles. The third-order valence-electron chi connectivity index (χ3n) is 8.06. The van der Waals surface area contributed by atoms with Gasteiger partial charge in [-0.25, -0.2) is 0 Å². The van der Waals surface area contributed by atoms with Crippen LogP contribution in [-0.4, -0.2) is 21.0 Å². The monoisotopic (exact) mass is 581 g/mol. The van der Waals surface area contributed by atoms with Crippen LogP contribution in [0.1, 0.15) is 5.56 Å². The van der Waals surface area contributed by atoms with Gasteiger partial charge in [-0.15, -0.1) is 10.2 Å². The van der Waals surface area contributed by atoms with E-state index >= 15 is 0 Å². The summed E-state index contributed by atoms with van der Waals surface area (Å²) in [5, 5.41) is 18.6. The topological polar surface area (TPSA) is 70.9 Å². The summed E-state index contributed by atoms with van der Waals surface area (Å²) in [5.41, 5.74) is 9.01. The van der Waals surface area contributed by atoms with Crippen LogP contribution in [0.2, 0.25) is 0 Å². The van der Waals surface area contributed by atoms with Crippen LogP contribution in [0.4, 0.5) is 17.1 Å². The van der Waals surface area contributed by atoms with Crippen molar-refractivity contribution in [1.82, 2.24) is 14.8 Å². The summed E-state index contributed by atoms with van der Waals surface area (Å²) in [6.07, 6.45) is 1.36. The van der Waals surface area contributed by atoms with Crippen LogP contribution < -0.4 is 4.90 Å². The summed E-state index contributed by atoms with van der Waals surface area (Å²) in [7, 11) is 0. The lowest BCUT2D eigenvalue weighted by Crippen LogP contribution is -2.10. The van der Waals surface area contributed by atoms with Crippen molar-refractivity contribution in [3.8, 4) is 28.6 Å². The first-order chi connectivity index (χ1) is 22.3. The Morgan fingerprint density at radius 1 is 0.533 bits per heavy atom. The number of anilines is 3. The standard InChI is InChI=1S/C39H27N5O/c40-26-27-15-19-31(20-16-27)43(32-21-17-29(18-22-32)39-42-41-38(45-39)28-9-3-1-4-10-28)33-23-24-37-35(25-33)34-13-7-8-14-36(34)44(37)30-11-5-2-6-12-30/h1-26,40H. The quantitative estimate of drug-likeness (QED) is 0.190. The van der Waals surface area contributed by atoms with Gasteiger partial charge in [0.1, 0.15) is 0 Å². The molecule has 2 heterocycles. The van der Waals surface area contributed by atoms with Gasteiger partial charge in [-0.3, -0.25) is 0 Å². The summed E-state index contributed by atoms with van der Waals surface area (Å²) >= 11 is 0. The maximum Gasteiger partial charge on any atom is 0.248 e. The molecule has 0 amide bonds. The molecule has 0 atom stereocenters. The van der Waals surface area contributed by atoms with Gasteiger partial charge in [0.25, 0.3) is 0 Å². The highest BCUT2D eigenvalue weighted by Crippen LogP contribution is 2.40. The van der Waals surface area contributed by atoms with E-state index in [0.29, 0.717) is 11.8 Å². The molecule has 0 aliphatic rings. The van der Waals surface area contributed by atoms with Gasteiger partial charge in [0.05, 0.1) is 11.0 Å². The number of hydrogen-bond acceptors (Lipinski definition) is 5. The molecule has 6 heteroatoms. The maximum atomic E-state index is 7.69. The average molecular weight is 582 g/mol. The van der Waals surface area contributed by atoms with E-state index in [1.807, 2.05) is 60.7 Å². The van der Waals surface area contributed by atoms with E-state index in [1.165, 1.54) is 17.0 Å². The smallest absolute Gasteiger partial charge is 0.248 e. The Hall–Kier alpha value is -6.27. The number of fused-ring (bicyclic) bond motifs is 3. The molecule has 0 fully saturated rings. The molecule has 0 radical (unpaired) electrons. The van der Waals surface area contributed by atoms with Crippen LogP contribution in [0.3, 0.4) is 0 Å². The molecule has 214 valence electrons. The third-order valence-corrected chi connectivity index (χ3v) is 8.06. The van der Waals surface area contributed by atoms with E-state index in [1.54, 1.807) is 0 Å². The van der Waals surface area contributed by atoms with E-state index in [-0.39, 0.29) is 0 Å². The van der Waals surface area contributed by atoms with Crippen LogP contribution in [0.5, 0.6) is 0 Å². The molecule has 0 aliphatic carbocycles. The van der Waals surface area contributed by atoms with Gasteiger partial charge in [0.2, 0.25) is 11.8 Å². The highest BCUT2D eigenvalue weighted by molar-refractivity contribution is 6.10. The van der Waals surface area contributed by atoms with Crippen LogP contribution in [0, 0.1) is 5.41 Å². The molecule has 8 rings (SSSR count). The summed E-state index contributed by atoms with van der Waals surface area (Å²) in [6.45, 7) is 0. The first kappa shape index (κ1) is 26.4. The lowest BCUT2D eigenvalue weighted by Gasteiger charge is -2.26. The molecule has 0 aliphatic heterocycles. The largest absolute Gasteiger partial charge is 0.416 e. The molecule has 0 spiro atoms. The molecule has 0 bridgehead atoms. The minimum Gasteiger partial charge on any atom is -0.416 e. The predicted octanol–water partition coefficient (Wildman–Crippen LogP) is 9.97. The first-order valence-corrected chi connectivity index (χ1v) is 14.8. The summed E-state index contributed by atoms with van der Waals surface area (Å²) in [4.78, 5) is 2.23. The Bertz CT molecular complexity index is 2270. The number of aromatic nitrogens is 3. The van der Waals surface area contributed by atoms with Crippen LogP contribution in [0.15, 0.2) is 156 Å². The highest BCUT2D eigenvalue weighted by atomic mass is 16.4. The maximum absolute atomic E-state index is 7.69. The van der Waals surface area contributed by atoms with Crippen LogP contribution >= 0.6 is 0 Å². The zero-order valence-electron chi connectivity index (χ0n) is 24.2. The molecule has 6 nitrogen and oxygen atoms in total. The fraction of sp³-hybridized carbons (Fsp3) is 0. The molecule has 0 saturated heterocycles. The number of nitrogens with one attached hydrogen (secondary N) is 1. The zero-order valence-corrected chi connectivity index (χ0v) is 24.2. The number of hydrogen-bond donors (Lipinski definition) is 1. The molecule has 0 saturated carbocycles. The van der Waals surface area contributed by atoms with E-state index in [0.717, 1.165) is 50.5 Å². The Morgan fingerprint density at radius 3 is 1.78 bits per heavy atom. The Balaban J connectivity index is 1.24. The third kappa shape index (κ3) is 4.75. The molecule has 0 unspecified atom stereocenters. The van der Waals surface area contributed by atoms with Crippen LogP contribution in [0.25, 0.3) is 50.4 Å². The van der Waals surface area contributed by atoms with Gasteiger partial charge in [-0.05, 0) is 90.5 Å². The molecule has 1 N–H and O–H groups in total. The molecule has 8 aromatic rings. The Morgan fingerprint density at radius 2 is 1.09 bits per heavy atom. The summed E-state index contributed by atoms with van der Waals surface area (Å²) < 4.78 is 8.34. The van der Waals surface area contributed by atoms with Gasteiger partial charge >= 0.3 is 0 Å². The molecule has 6 aromatic carbocycles. The second-order valence-electron chi connectivity index (χ2n) is 10.8.